The topological polar surface area (TPSA) is 94.5 Å². The number of hydrogen-bond donors (Lipinski definition) is 2. The molecule has 8 nitrogen and oxygen atoms in total. The molecule has 0 unspecified atom stereocenters. The van der Waals surface area contributed by atoms with Crippen molar-refractivity contribution in [1.29, 1.82) is 0 Å². The van der Waals surface area contributed by atoms with Gasteiger partial charge in [0.15, 0.2) is 11.5 Å². The van der Waals surface area contributed by atoms with Gasteiger partial charge in [-0.25, -0.2) is 4.68 Å². The van der Waals surface area contributed by atoms with Gasteiger partial charge in [0.2, 0.25) is 5.91 Å². The molecular weight excluding hydrogens is 444 g/mol. The molecule has 0 atom stereocenters. The molecule has 0 aliphatic carbocycles. The number of para-hydroxylation sites is 1. The van der Waals surface area contributed by atoms with Crippen LogP contribution in [0.5, 0.6) is 11.5 Å². The first-order valence-corrected chi connectivity index (χ1v) is 11.1. The Morgan fingerprint density at radius 2 is 1.57 bits per heavy atom. The number of hydrogen-bond acceptors (Lipinski definition) is 5. The minimum Gasteiger partial charge on any atom is -0.493 e. The highest BCUT2D eigenvalue weighted by Gasteiger charge is 2.20. The van der Waals surface area contributed by atoms with Gasteiger partial charge in [-0.1, -0.05) is 31.2 Å². The smallest absolute Gasteiger partial charge is 0.259 e. The summed E-state index contributed by atoms with van der Waals surface area (Å²) in [4.78, 5) is 25.2. The van der Waals surface area contributed by atoms with E-state index in [0.717, 1.165) is 5.69 Å². The fourth-order valence-corrected chi connectivity index (χ4v) is 3.57. The highest BCUT2D eigenvalue weighted by atomic mass is 16.5. The summed E-state index contributed by atoms with van der Waals surface area (Å²) in [5.74, 6) is 0.671. The molecule has 4 rings (SSSR count). The van der Waals surface area contributed by atoms with Gasteiger partial charge in [-0.3, -0.25) is 9.59 Å². The molecule has 2 N–H and O–H groups in total. The van der Waals surface area contributed by atoms with Crippen LogP contribution in [0.15, 0.2) is 79.0 Å². The van der Waals surface area contributed by atoms with Crippen molar-refractivity contribution in [2.75, 3.05) is 24.9 Å². The lowest BCUT2D eigenvalue weighted by Crippen LogP contribution is -2.13. The number of nitrogens with zero attached hydrogens (tertiary/aromatic N) is 2. The summed E-state index contributed by atoms with van der Waals surface area (Å²) in [6.07, 6.45) is 2.06. The molecule has 178 valence electrons. The molecule has 2 amide bonds. The first kappa shape index (κ1) is 23.6. The lowest BCUT2D eigenvalue weighted by Gasteiger charge is -2.10. The summed E-state index contributed by atoms with van der Waals surface area (Å²) in [6.45, 7) is 1.78. The number of benzene rings is 3. The van der Waals surface area contributed by atoms with Crippen molar-refractivity contribution in [3.8, 4) is 28.4 Å². The molecule has 0 saturated carbocycles. The van der Waals surface area contributed by atoms with Crippen LogP contribution in [0.1, 0.15) is 23.7 Å². The zero-order chi connectivity index (χ0) is 24.8. The number of methoxy groups -OCH3 is 2. The summed E-state index contributed by atoms with van der Waals surface area (Å²) in [6, 6.07) is 21.9. The SMILES string of the molecule is CCC(=O)Nc1cccc(NC(=O)c2cn(-c3ccccc3)nc2-c2ccc(OC)c(OC)c2)c1. The number of ether oxygens (including phenoxy) is 2. The van der Waals surface area contributed by atoms with E-state index in [1.807, 2.05) is 36.4 Å². The monoisotopic (exact) mass is 470 g/mol. The standard InChI is InChI=1S/C27H26N4O4/c1-4-25(32)28-19-9-8-10-20(16-19)29-27(33)22-17-31(21-11-6-5-7-12-21)30-26(22)18-13-14-23(34-2)24(15-18)35-3/h5-17H,4H2,1-3H3,(H,28,32)(H,29,33). The molecule has 3 aromatic carbocycles. The number of nitrogens with one attached hydrogen (secondary N) is 2. The zero-order valence-corrected chi connectivity index (χ0v) is 19.7. The molecular formula is C27H26N4O4. The Morgan fingerprint density at radius 1 is 0.857 bits per heavy atom. The third-order valence-electron chi connectivity index (χ3n) is 5.36. The fourth-order valence-electron chi connectivity index (χ4n) is 3.57. The summed E-state index contributed by atoms with van der Waals surface area (Å²) in [7, 11) is 3.12. The van der Waals surface area contributed by atoms with E-state index in [-0.39, 0.29) is 11.8 Å². The average molecular weight is 471 g/mol. The van der Waals surface area contributed by atoms with E-state index in [2.05, 4.69) is 10.6 Å². The maximum atomic E-state index is 13.4. The van der Waals surface area contributed by atoms with Gasteiger partial charge in [-0.15, -0.1) is 0 Å². The first-order chi connectivity index (χ1) is 17.0. The Labute approximate surface area is 203 Å². The molecule has 1 aromatic heterocycles. The van der Waals surface area contributed by atoms with Crippen LogP contribution in [0.25, 0.3) is 16.9 Å². The fraction of sp³-hybridized carbons (Fsp3) is 0.148. The molecule has 0 bridgehead atoms. The van der Waals surface area contributed by atoms with E-state index in [0.29, 0.717) is 46.1 Å². The highest BCUT2D eigenvalue weighted by molar-refractivity contribution is 6.08. The Balaban J connectivity index is 1.72. The third-order valence-corrected chi connectivity index (χ3v) is 5.36. The van der Waals surface area contributed by atoms with Gasteiger partial charge in [0.05, 0.1) is 25.5 Å². The summed E-state index contributed by atoms with van der Waals surface area (Å²) < 4.78 is 12.5. The van der Waals surface area contributed by atoms with Crippen molar-refractivity contribution in [2.24, 2.45) is 0 Å². The van der Waals surface area contributed by atoms with Crippen LogP contribution in [-0.2, 0) is 4.79 Å². The minimum atomic E-state index is -0.337. The molecule has 0 fully saturated rings. The average Bonchev–Trinajstić information content (AvgIpc) is 3.35. The second-order valence-electron chi connectivity index (χ2n) is 7.68. The van der Waals surface area contributed by atoms with Crippen LogP contribution in [0, 0.1) is 0 Å². The Kier molecular flexibility index (Phi) is 7.11. The molecule has 0 aliphatic heterocycles. The van der Waals surface area contributed by atoms with Crippen LogP contribution >= 0.6 is 0 Å². The van der Waals surface area contributed by atoms with E-state index in [1.54, 1.807) is 68.4 Å². The molecule has 1 heterocycles. The van der Waals surface area contributed by atoms with Gasteiger partial charge >= 0.3 is 0 Å². The van der Waals surface area contributed by atoms with Crippen LogP contribution in [-0.4, -0.2) is 35.8 Å². The van der Waals surface area contributed by atoms with Crippen molar-refractivity contribution in [1.82, 2.24) is 9.78 Å². The van der Waals surface area contributed by atoms with Crippen LogP contribution in [0.4, 0.5) is 11.4 Å². The predicted molar refractivity (Wildman–Crippen MR) is 135 cm³/mol. The van der Waals surface area contributed by atoms with Crippen LogP contribution in [0.3, 0.4) is 0 Å². The molecule has 0 aliphatic rings. The highest BCUT2D eigenvalue weighted by Crippen LogP contribution is 2.33. The Hall–Kier alpha value is -4.59. The van der Waals surface area contributed by atoms with E-state index in [1.165, 1.54) is 0 Å². The van der Waals surface area contributed by atoms with E-state index >= 15 is 0 Å². The van der Waals surface area contributed by atoms with Gasteiger partial charge in [0, 0.05) is 29.6 Å². The normalized spacial score (nSPS) is 10.5. The van der Waals surface area contributed by atoms with Gasteiger partial charge in [0.25, 0.3) is 5.91 Å². The Morgan fingerprint density at radius 3 is 2.26 bits per heavy atom. The van der Waals surface area contributed by atoms with Gasteiger partial charge < -0.3 is 20.1 Å². The van der Waals surface area contributed by atoms with Crippen LogP contribution in [0.2, 0.25) is 0 Å². The lowest BCUT2D eigenvalue weighted by atomic mass is 10.1. The number of carbonyl (C=O) groups is 2. The number of amides is 2. The third kappa shape index (κ3) is 5.33. The van der Waals surface area contributed by atoms with E-state index in [4.69, 9.17) is 14.6 Å². The zero-order valence-electron chi connectivity index (χ0n) is 19.7. The maximum Gasteiger partial charge on any atom is 0.259 e. The van der Waals surface area contributed by atoms with Crippen molar-refractivity contribution in [3.63, 3.8) is 0 Å². The van der Waals surface area contributed by atoms with Crippen molar-refractivity contribution >= 4 is 23.2 Å². The van der Waals surface area contributed by atoms with Crippen LogP contribution < -0.4 is 20.1 Å². The summed E-state index contributed by atoms with van der Waals surface area (Å²) in [5, 5.41) is 10.4. The summed E-state index contributed by atoms with van der Waals surface area (Å²) in [5.41, 5.74) is 3.54. The quantitative estimate of drug-likeness (QED) is 0.371. The molecule has 4 aromatic rings. The van der Waals surface area contributed by atoms with Crippen molar-refractivity contribution < 1.29 is 19.1 Å². The minimum absolute atomic E-state index is 0.103. The number of rotatable bonds is 8. The number of aromatic nitrogens is 2. The largest absolute Gasteiger partial charge is 0.493 e. The van der Waals surface area contributed by atoms with E-state index < -0.39 is 0 Å². The second kappa shape index (κ2) is 10.6. The maximum absolute atomic E-state index is 13.4. The van der Waals surface area contributed by atoms with Gasteiger partial charge in [-0.05, 0) is 48.5 Å². The first-order valence-electron chi connectivity index (χ1n) is 11.1. The van der Waals surface area contributed by atoms with Gasteiger partial charge in [-0.2, -0.15) is 5.10 Å². The molecule has 0 saturated heterocycles. The summed E-state index contributed by atoms with van der Waals surface area (Å²) >= 11 is 0. The molecule has 8 heteroatoms. The molecule has 35 heavy (non-hydrogen) atoms. The van der Waals surface area contributed by atoms with Crippen molar-refractivity contribution in [3.05, 3.63) is 84.6 Å². The second-order valence-corrected chi connectivity index (χ2v) is 7.68. The van der Waals surface area contributed by atoms with Gasteiger partial charge in [0.1, 0.15) is 5.69 Å². The number of anilines is 2. The molecule has 0 radical (unpaired) electrons. The lowest BCUT2D eigenvalue weighted by molar-refractivity contribution is -0.115. The number of carbonyl (C=O) groups excluding carboxylic acids is 2. The Bertz CT molecular complexity index is 1350. The van der Waals surface area contributed by atoms with E-state index in [9.17, 15) is 9.59 Å². The predicted octanol–water partition coefficient (Wildman–Crippen LogP) is 5.16. The molecule has 0 spiro atoms. The van der Waals surface area contributed by atoms with Crippen molar-refractivity contribution in [2.45, 2.75) is 13.3 Å².